The van der Waals surface area contributed by atoms with Crippen LogP contribution in [0.2, 0.25) is 5.02 Å². The molecule has 0 aliphatic rings. The number of rotatable bonds is 9. The summed E-state index contributed by atoms with van der Waals surface area (Å²) in [7, 11) is -3.57. The van der Waals surface area contributed by atoms with Crippen LogP contribution in [0.1, 0.15) is 12.5 Å². The van der Waals surface area contributed by atoms with Crippen LogP contribution in [0.3, 0.4) is 0 Å². The van der Waals surface area contributed by atoms with Gasteiger partial charge in [-0.3, -0.25) is 9.10 Å². The zero-order valence-corrected chi connectivity index (χ0v) is 17.7. The number of nitrogens with one attached hydrogen (secondary N) is 1. The van der Waals surface area contributed by atoms with E-state index in [1.165, 1.54) is 0 Å². The lowest BCUT2D eigenvalue weighted by Gasteiger charge is -2.24. The van der Waals surface area contributed by atoms with Crippen molar-refractivity contribution in [2.45, 2.75) is 18.2 Å². The minimum Gasteiger partial charge on any atom is -0.354 e. The maximum absolute atomic E-state index is 12.3. The number of thioether (sulfide) groups is 1. The molecule has 8 heteroatoms. The molecular formula is C19H23ClN2O3S2. The topological polar surface area (TPSA) is 66.5 Å². The van der Waals surface area contributed by atoms with E-state index in [0.717, 1.165) is 21.0 Å². The summed E-state index contributed by atoms with van der Waals surface area (Å²) in [6.45, 7) is 2.16. The molecule has 0 fully saturated rings. The van der Waals surface area contributed by atoms with E-state index in [1.807, 2.05) is 43.3 Å². The third-order valence-corrected chi connectivity index (χ3v) is 6.23. The first-order chi connectivity index (χ1) is 12.8. The zero-order valence-electron chi connectivity index (χ0n) is 15.3. The van der Waals surface area contributed by atoms with Gasteiger partial charge >= 0.3 is 0 Å². The summed E-state index contributed by atoms with van der Waals surface area (Å²) >= 11 is 7.44. The van der Waals surface area contributed by atoms with Gasteiger partial charge in [0.2, 0.25) is 15.9 Å². The Morgan fingerprint density at radius 1 is 1.15 bits per heavy atom. The van der Waals surface area contributed by atoms with Crippen molar-refractivity contribution in [2.75, 3.05) is 29.4 Å². The number of sulfonamides is 1. The summed E-state index contributed by atoms with van der Waals surface area (Å²) in [6, 6.07) is 14.7. The van der Waals surface area contributed by atoms with Crippen LogP contribution < -0.4 is 9.62 Å². The van der Waals surface area contributed by atoms with Crippen LogP contribution in [0.25, 0.3) is 0 Å². The number of benzene rings is 2. The second-order valence-corrected chi connectivity index (χ2v) is 9.42. The average molecular weight is 427 g/mol. The van der Waals surface area contributed by atoms with Crippen molar-refractivity contribution in [2.24, 2.45) is 0 Å². The monoisotopic (exact) mass is 426 g/mol. The fourth-order valence-electron chi connectivity index (χ4n) is 2.51. The third kappa shape index (κ3) is 6.75. The number of hydrogen-bond acceptors (Lipinski definition) is 4. The zero-order chi connectivity index (χ0) is 19.9. The number of amides is 1. The molecule has 2 aromatic carbocycles. The molecule has 146 valence electrons. The van der Waals surface area contributed by atoms with Crippen LogP contribution in [0, 0.1) is 0 Å². The third-order valence-electron chi connectivity index (χ3n) is 3.84. The number of para-hydroxylation sites is 1. The van der Waals surface area contributed by atoms with Crippen LogP contribution in [-0.2, 0) is 21.2 Å². The van der Waals surface area contributed by atoms with E-state index < -0.39 is 10.0 Å². The summed E-state index contributed by atoms with van der Waals surface area (Å²) in [5.74, 6) is 0.348. The van der Waals surface area contributed by atoms with E-state index >= 15 is 0 Å². The van der Waals surface area contributed by atoms with Crippen molar-refractivity contribution in [1.82, 2.24) is 5.32 Å². The molecule has 2 rings (SSSR count). The summed E-state index contributed by atoms with van der Waals surface area (Å²) in [5.41, 5.74) is 1.43. The van der Waals surface area contributed by atoms with Gasteiger partial charge in [0, 0.05) is 22.2 Å². The van der Waals surface area contributed by atoms with Crippen LogP contribution in [0.4, 0.5) is 5.69 Å². The summed E-state index contributed by atoms with van der Waals surface area (Å²) < 4.78 is 25.6. The van der Waals surface area contributed by atoms with Gasteiger partial charge in [-0.25, -0.2) is 8.42 Å². The molecule has 0 aliphatic heterocycles. The predicted octanol–water partition coefficient (Wildman–Crippen LogP) is 3.58. The van der Waals surface area contributed by atoms with Crippen molar-refractivity contribution in [3.8, 4) is 0 Å². The molecule has 1 amide bonds. The highest BCUT2D eigenvalue weighted by Gasteiger charge is 2.22. The standard InChI is InChI=1S/C19H23ClN2O3S2/c1-3-15-6-4-5-7-18(15)22(27(2,24)25)14-19(23)21-12-13-26-17-10-8-16(20)9-11-17/h4-11H,3,12-14H2,1-2H3,(H,21,23). The Morgan fingerprint density at radius 3 is 2.44 bits per heavy atom. The van der Waals surface area contributed by atoms with Gasteiger partial charge in [0.15, 0.2) is 0 Å². The van der Waals surface area contributed by atoms with Crippen LogP contribution in [0.15, 0.2) is 53.4 Å². The fourth-order valence-corrected chi connectivity index (χ4v) is 4.29. The lowest BCUT2D eigenvalue weighted by atomic mass is 10.1. The SMILES string of the molecule is CCc1ccccc1N(CC(=O)NCCSc1ccc(Cl)cc1)S(C)(=O)=O. The minimum absolute atomic E-state index is 0.235. The molecule has 5 nitrogen and oxygen atoms in total. The van der Waals surface area contributed by atoms with Crippen LogP contribution in [0.5, 0.6) is 0 Å². The molecule has 0 spiro atoms. The van der Waals surface area contributed by atoms with Crippen molar-refractivity contribution in [3.05, 3.63) is 59.1 Å². The van der Waals surface area contributed by atoms with E-state index in [2.05, 4.69) is 5.32 Å². The first-order valence-corrected chi connectivity index (χ1v) is 11.7. The molecule has 2 aromatic rings. The molecule has 0 aliphatic carbocycles. The molecule has 0 bridgehead atoms. The first-order valence-electron chi connectivity index (χ1n) is 8.52. The van der Waals surface area contributed by atoms with Gasteiger partial charge in [0.1, 0.15) is 6.54 Å². The summed E-state index contributed by atoms with van der Waals surface area (Å²) in [6.07, 6.45) is 1.80. The summed E-state index contributed by atoms with van der Waals surface area (Å²) in [5, 5.41) is 3.46. The van der Waals surface area contributed by atoms with Crippen molar-refractivity contribution in [3.63, 3.8) is 0 Å². The number of carbonyl (C=O) groups excluding carboxylic acids is 1. The first kappa shape index (κ1) is 21.6. The van der Waals surface area contributed by atoms with Gasteiger partial charge in [-0.2, -0.15) is 0 Å². The predicted molar refractivity (Wildman–Crippen MR) is 113 cm³/mol. The van der Waals surface area contributed by atoms with Crippen molar-refractivity contribution < 1.29 is 13.2 Å². The fraction of sp³-hybridized carbons (Fsp3) is 0.316. The molecular weight excluding hydrogens is 404 g/mol. The highest BCUT2D eigenvalue weighted by molar-refractivity contribution is 7.99. The molecule has 0 saturated heterocycles. The molecule has 0 radical (unpaired) electrons. The van der Waals surface area contributed by atoms with Crippen LogP contribution >= 0.6 is 23.4 Å². The van der Waals surface area contributed by atoms with E-state index in [4.69, 9.17) is 11.6 Å². The number of anilines is 1. The molecule has 0 aromatic heterocycles. The van der Waals surface area contributed by atoms with Gasteiger partial charge in [-0.15, -0.1) is 11.8 Å². The lowest BCUT2D eigenvalue weighted by molar-refractivity contribution is -0.119. The smallest absolute Gasteiger partial charge is 0.240 e. The van der Waals surface area contributed by atoms with Gasteiger partial charge < -0.3 is 5.32 Å². The number of nitrogens with zero attached hydrogens (tertiary/aromatic N) is 1. The lowest BCUT2D eigenvalue weighted by Crippen LogP contribution is -2.41. The van der Waals surface area contributed by atoms with Gasteiger partial charge in [-0.1, -0.05) is 36.7 Å². The Kier molecular flexibility index (Phi) is 8.01. The van der Waals surface area contributed by atoms with E-state index in [0.29, 0.717) is 29.4 Å². The quantitative estimate of drug-likeness (QED) is 0.491. The number of hydrogen-bond donors (Lipinski definition) is 1. The molecule has 0 heterocycles. The van der Waals surface area contributed by atoms with Gasteiger partial charge in [0.05, 0.1) is 11.9 Å². The van der Waals surface area contributed by atoms with Gasteiger partial charge in [0.25, 0.3) is 0 Å². The Hall–Kier alpha value is -1.70. The summed E-state index contributed by atoms with van der Waals surface area (Å²) in [4.78, 5) is 13.3. The van der Waals surface area contributed by atoms with Crippen LogP contribution in [-0.4, -0.2) is 39.4 Å². The normalized spacial score (nSPS) is 11.2. The largest absolute Gasteiger partial charge is 0.354 e. The highest BCUT2D eigenvalue weighted by atomic mass is 35.5. The highest BCUT2D eigenvalue weighted by Crippen LogP contribution is 2.23. The van der Waals surface area contributed by atoms with Crippen molar-refractivity contribution >= 4 is 45.0 Å². The minimum atomic E-state index is -3.57. The number of carbonyl (C=O) groups is 1. The molecule has 0 atom stereocenters. The van der Waals surface area contributed by atoms with E-state index in [1.54, 1.807) is 23.9 Å². The maximum Gasteiger partial charge on any atom is 0.240 e. The Labute approximate surface area is 170 Å². The van der Waals surface area contributed by atoms with E-state index in [-0.39, 0.29) is 12.5 Å². The Bertz CT molecular complexity index is 871. The number of halogens is 1. The number of aryl methyl sites for hydroxylation is 1. The Balaban J connectivity index is 1.93. The maximum atomic E-state index is 12.3. The Morgan fingerprint density at radius 2 is 1.81 bits per heavy atom. The van der Waals surface area contributed by atoms with E-state index in [9.17, 15) is 13.2 Å². The molecule has 27 heavy (non-hydrogen) atoms. The average Bonchev–Trinajstić information content (AvgIpc) is 2.64. The van der Waals surface area contributed by atoms with Crippen molar-refractivity contribution in [1.29, 1.82) is 0 Å². The molecule has 0 saturated carbocycles. The molecule has 1 N–H and O–H groups in total. The van der Waals surface area contributed by atoms with Gasteiger partial charge in [-0.05, 0) is 42.3 Å². The second kappa shape index (κ2) is 10.0. The second-order valence-electron chi connectivity index (χ2n) is 5.90. The molecule has 0 unspecified atom stereocenters.